The van der Waals surface area contributed by atoms with Crippen LogP contribution < -0.4 is 0 Å². The highest BCUT2D eigenvalue weighted by molar-refractivity contribution is 9.10. The first-order valence-corrected chi connectivity index (χ1v) is 7.86. The van der Waals surface area contributed by atoms with Crippen LogP contribution in [0.3, 0.4) is 0 Å². The van der Waals surface area contributed by atoms with Crippen LogP contribution in [0.4, 0.5) is 0 Å². The van der Waals surface area contributed by atoms with Gasteiger partial charge in [0.25, 0.3) is 0 Å². The molecule has 0 radical (unpaired) electrons. The van der Waals surface area contributed by atoms with Gasteiger partial charge in [-0.25, -0.2) is 0 Å². The number of hydrogen-bond acceptors (Lipinski definition) is 1. The molecule has 2 aromatic rings. The van der Waals surface area contributed by atoms with E-state index in [0.29, 0.717) is 5.92 Å². The van der Waals surface area contributed by atoms with Gasteiger partial charge < -0.3 is 9.67 Å². The molecule has 19 heavy (non-hydrogen) atoms. The Bertz CT molecular complexity index is 590. The number of hydrogen-bond donors (Lipinski definition) is 1. The van der Waals surface area contributed by atoms with Crippen molar-refractivity contribution < 1.29 is 5.11 Å². The molecule has 0 spiro atoms. The number of halogens is 1. The van der Waals surface area contributed by atoms with Crippen molar-refractivity contribution in [1.29, 1.82) is 0 Å². The third-order valence-electron chi connectivity index (χ3n) is 4.39. The van der Waals surface area contributed by atoms with Gasteiger partial charge in [0.1, 0.15) is 0 Å². The van der Waals surface area contributed by atoms with Crippen LogP contribution >= 0.6 is 15.9 Å². The molecule has 0 aliphatic heterocycles. The molecular formula is C16H20BrNO. The lowest BCUT2D eigenvalue weighted by Crippen LogP contribution is -2.26. The lowest BCUT2D eigenvalue weighted by Gasteiger charge is -2.27. The zero-order chi connectivity index (χ0) is 13.4. The van der Waals surface area contributed by atoms with Crippen molar-refractivity contribution in [3.05, 3.63) is 34.4 Å². The molecule has 2 unspecified atom stereocenters. The van der Waals surface area contributed by atoms with Crippen LogP contribution in [-0.2, 0) is 13.5 Å². The summed E-state index contributed by atoms with van der Waals surface area (Å²) in [6, 6.07) is 6.43. The number of nitrogens with zero attached hydrogens (tertiary/aromatic N) is 1. The average molecular weight is 322 g/mol. The molecule has 2 nitrogen and oxygen atoms in total. The summed E-state index contributed by atoms with van der Waals surface area (Å²) < 4.78 is 3.31. The van der Waals surface area contributed by atoms with Crippen LogP contribution in [0.25, 0.3) is 10.9 Å². The molecule has 1 N–H and O–H groups in total. The number of rotatable bonds is 2. The van der Waals surface area contributed by atoms with Crippen molar-refractivity contribution in [3.63, 3.8) is 0 Å². The third kappa shape index (κ3) is 2.59. The fourth-order valence-electron chi connectivity index (χ4n) is 3.32. The highest BCUT2D eigenvalue weighted by Gasteiger charge is 2.24. The normalized spacial score (nSPS) is 23.9. The second-order valence-corrected chi connectivity index (χ2v) is 6.66. The zero-order valence-corrected chi connectivity index (χ0v) is 12.9. The van der Waals surface area contributed by atoms with Gasteiger partial charge >= 0.3 is 0 Å². The van der Waals surface area contributed by atoms with Gasteiger partial charge in [0.2, 0.25) is 0 Å². The number of fused-ring (bicyclic) bond motifs is 1. The summed E-state index contributed by atoms with van der Waals surface area (Å²) in [6.07, 6.45) is 7.67. The number of benzene rings is 1. The van der Waals surface area contributed by atoms with Crippen LogP contribution in [0.1, 0.15) is 31.2 Å². The molecule has 3 rings (SSSR count). The summed E-state index contributed by atoms with van der Waals surface area (Å²) in [5.74, 6) is 0.429. The van der Waals surface area contributed by atoms with E-state index < -0.39 is 0 Å². The van der Waals surface area contributed by atoms with Gasteiger partial charge in [-0.15, -0.1) is 0 Å². The number of aliphatic hydroxyl groups is 1. The largest absolute Gasteiger partial charge is 0.393 e. The SMILES string of the molecule is Cn1cc(CC2CCCCC2O)c2cc(Br)ccc21. The van der Waals surface area contributed by atoms with E-state index in [1.807, 2.05) is 0 Å². The molecule has 1 aliphatic carbocycles. The minimum atomic E-state index is -0.115. The second-order valence-electron chi connectivity index (χ2n) is 5.74. The van der Waals surface area contributed by atoms with E-state index in [0.717, 1.165) is 23.7 Å². The van der Waals surface area contributed by atoms with Gasteiger partial charge in [0.05, 0.1) is 6.10 Å². The molecule has 102 valence electrons. The summed E-state index contributed by atoms with van der Waals surface area (Å²) in [7, 11) is 2.09. The van der Waals surface area contributed by atoms with E-state index in [9.17, 15) is 5.11 Å². The van der Waals surface area contributed by atoms with Crippen LogP contribution in [-0.4, -0.2) is 15.8 Å². The van der Waals surface area contributed by atoms with Crippen molar-refractivity contribution >= 4 is 26.8 Å². The van der Waals surface area contributed by atoms with Crippen molar-refractivity contribution in [2.75, 3.05) is 0 Å². The summed E-state index contributed by atoms with van der Waals surface area (Å²) in [5, 5.41) is 11.5. The second kappa shape index (κ2) is 5.29. The van der Waals surface area contributed by atoms with Gasteiger partial charge in [-0.2, -0.15) is 0 Å². The molecule has 1 aromatic carbocycles. The molecular weight excluding hydrogens is 302 g/mol. The maximum absolute atomic E-state index is 10.1. The van der Waals surface area contributed by atoms with Gasteiger partial charge in [-0.1, -0.05) is 28.8 Å². The molecule has 0 amide bonds. The van der Waals surface area contributed by atoms with Crippen LogP contribution in [0, 0.1) is 5.92 Å². The lowest BCUT2D eigenvalue weighted by atomic mass is 9.82. The summed E-state index contributed by atoms with van der Waals surface area (Å²) in [4.78, 5) is 0. The number of aromatic nitrogens is 1. The third-order valence-corrected chi connectivity index (χ3v) is 4.88. The van der Waals surface area contributed by atoms with Crippen molar-refractivity contribution in [2.24, 2.45) is 13.0 Å². The Morgan fingerprint density at radius 3 is 2.89 bits per heavy atom. The maximum Gasteiger partial charge on any atom is 0.0571 e. The quantitative estimate of drug-likeness (QED) is 0.887. The molecule has 3 heteroatoms. The molecule has 1 heterocycles. The zero-order valence-electron chi connectivity index (χ0n) is 11.3. The van der Waals surface area contributed by atoms with Crippen molar-refractivity contribution in [2.45, 2.75) is 38.2 Å². The van der Waals surface area contributed by atoms with Gasteiger partial charge in [-0.05, 0) is 48.9 Å². The fourth-order valence-corrected chi connectivity index (χ4v) is 3.68. The molecule has 1 aliphatic rings. The van der Waals surface area contributed by atoms with Crippen LogP contribution in [0.15, 0.2) is 28.9 Å². The summed E-state index contributed by atoms with van der Waals surface area (Å²) in [6.45, 7) is 0. The molecule has 2 atom stereocenters. The Morgan fingerprint density at radius 2 is 2.11 bits per heavy atom. The molecule has 1 aromatic heterocycles. The highest BCUT2D eigenvalue weighted by atomic mass is 79.9. The summed E-state index contributed by atoms with van der Waals surface area (Å²) >= 11 is 3.55. The van der Waals surface area contributed by atoms with Gasteiger partial charge in [0.15, 0.2) is 0 Å². The maximum atomic E-state index is 10.1. The Labute approximate surface area is 122 Å². The number of aryl methyl sites for hydroxylation is 1. The first-order valence-electron chi connectivity index (χ1n) is 7.06. The van der Waals surface area contributed by atoms with E-state index >= 15 is 0 Å². The van der Waals surface area contributed by atoms with Gasteiger partial charge in [0, 0.05) is 28.6 Å². The topological polar surface area (TPSA) is 25.2 Å². The molecule has 1 saturated carbocycles. The smallest absolute Gasteiger partial charge is 0.0571 e. The summed E-state index contributed by atoms with van der Waals surface area (Å²) in [5.41, 5.74) is 2.63. The molecule has 0 bridgehead atoms. The van der Waals surface area contributed by atoms with E-state index in [-0.39, 0.29) is 6.10 Å². The Balaban J connectivity index is 1.94. The minimum absolute atomic E-state index is 0.115. The predicted octanol–water partition coefficient (Wildman–Crippen LogP) is 4.03. The first kappa shape index (κ1) is 13.2. The standard InChI is InChI=1S/C16H20BrNO/c1-18-10-12(8-11-4-2-3-5-16(11)19)14-9-13(17)6-7-15(14)18/h6-7,9-11,16,19H,2-5,8H2,1H3. The van der Waals surface area contributed by atoms with Crippen molar-refractivity contribution in [1.82, 2.24) is 4.57 Å². The van der Waals surface area contributed by atoms with Crippen LogP contribution in [0.2, 0.25) is 0 Å². The molecule has 1 fully saturated rings. The Hall–Kier alpha value is -0.800. The Kier molecular flexibility index (Phi) is 3.68. The molecule has 0 saturated heterocycles. The van der Waals surface area contributed by atoms with Crippen molar-refractivity contribution in [3.8, 4) is 0 Å². The fraction of sp³-hybridized carbons (Fsp3) is 0.500. The predicted molar refractivity (Wildman–Crippen MR) is 82.3 cm³/mol. The number of aliphatic hydroxyl groups excluding tert-OH is 1. The average Bonchev–Trinajstić information content (AvgIpc) is 2.69. The highest BCUT2D eigenvalue weighted by Crippen LogP contribution is 2.31. The van der Waals surface area contributed by atoms with Crippen LogP contribution in [0.5, 0.6) is 0 Å². The lowest BCUT2D eigenvalue weighted by molar-refractivity contribution is 0.0702. The first-order chi connectivity index (χ1) is 9.15. The van der Waals surface area contributed by atoms with E-state index in [4.69, 9.17) is 0 Å². The van der Waals surface area contributed by atoms with E-state index in [1.165, 1.54) is 29.3 Å². The Morgan fingerprint density at radius 1 is 1.32 bits per heavy atom. The van der Waals surface area contributed by atoms with Gasteiger partial charge in [-0.3, -0.25) is 0 Å². The van der Waals surface area contributed by atoms with E-state index in [1.54, 1.807) is 0 Å². The monoisotopic (exact) mass is 321 g/mol. The van der Waals surface area contributed by atoms with E-state index in [2.05, 4.69) is 51.9 Å². The minimum Gasteiger partial charge on any atom is -0.393 e.